The molecule has 0 saturated heterocycles. The molecule has 2 atom stereocenters. The highest BCUT2D eigenvalue weighted by molar-refractivity contribution is 5.60. The van der Waals surface area contributed by atoms with Crippen LogP contribution in [0.4, 0.5) is 0 Å². The molecule has 41 heavy (non-hydrogen) atoms. The van der Waals surface area contributed by atoms with E-state index in [9.17, 15) is 0 Å². The fraction of sp³-hybridized carbons (Fsp3) is 0.333. The SMILES string of the molecule is C=C(C)C1=CCC(/C(=C/CC(c2ccccn2)c2ccccn2)C2C(C)=CC(C3=C(C)CC=C3C)=CC2(C)C)C=C1. The lowest BCUT2D eigenvalue weighted by Crippen LogP contribution is -2.31. The Morgan fingerprint density at radius 3 is 2.20 bits per heavy atom. The molecule has 5 rings (SSSR count). The first-order chi connectivity index (χ1) is 19.7. The average Bonchev–Trinajstić information content (AvgIpc) is 3.30. The molecule has 2 heterocycles. The van der Waals surface area contributed by atoms with E-state index in [0.29, 0.717) is 11.8 Å². The fourth-order valence-electron chi connectivity index (χ4n) is 7.08. The van der Waals surface area contributed by atoms with E-state index in [1.807, 2.05) is 24.5 Å². The molecule has 2 aromatic heterocycles. The maximum Gasteiger partial charge on any atom is 0.0497 e. The van der Waals surface area contributed by atoms with Crippen LogP contribution in [-0.2, 0) is 0 Å². The first-order valence-electron chi connectivity index (χ1n) is 15.0. The molecule has 210 valence electrons. The lowest BCUT2D eigenvalue weighted by molar-refractivity contribution is 0.343. The second-order valence-corrected chi connectivity index (χ2v) is 12.6. The zero-order valence-corrected chi connectivity index (χ0v) is 25.6. The zero-order chi connectivity index (χ0) is 29.1. The van der Waals surface area contributed by atoms with Gasteiger partial charge in [0.05, 0.1) is 0 Å². The summed E-state index contributed by atoms with van der Waals surface area (Å²) >= 11 is 0. The molecular formula is C39H44N2. The summed E-state index contributed by atoms with van der Waals surface area (Å²) in [5.41, 5.74) is 13.1. The number of pyridine rings is 2. The molecule has 0 amide bonds. The molecule has 2 unspecified atom stereocenters. The number of allylic oxidation sites excluding steroid dienone is 15. The summed E-state index contributed by atoms with van der Waals surface area (Å²) in [5.74, 6) is 0.742. The van der Waals surface area contributed by atoms with Gasteiger partial charge in [-0.05, 0) is 98.9 Å². The van der Waals surface area contributed by atoms with E-state index in [1.54, 1.807) is 0 Å². The largest absolute Gasteiger partial charge is 0.261 e. The molecule has 0 bridgehead atoms. The Balaban J connectivity index is 1.57. The minimum Gasteiger partial charge on any atom is -0.261 e. The van der Waals surface area contributed by atoms with Crippen LogP contribution in [0.3, 0.4) is 0 Å². The number of hydrogen-bond acceptors (Lipinski definition) is 2. The van der Waals surface area contributed by atoms with Crippen molar-refractivity contribution < 1.29 is 0 Å². The summed E-state index contributed by atoms with van der Waals surface area (Å²) in [4.78, 5) is 9.53. The first kappa shape index (κ1) is 28.7. The Labute approximate surface area is 247 Å². The van der Waals surface area contributed by atoms with Gasteiger partial charge < -0.3 is 0 Å². The molecule has 0 aliphatic heterocycles. The molecule has 0 saturated carbocycles. The number of aromatic nitrogens is 2. The molecule has 2 aromatic rings. The van der Waals surface area contributed by atoms with Crippen molar-refractivity contribution in [3.63, 3.8) is 0 Å². The van der Waals surface area contributed by atoms with Gasteiger partial charge >= 0.3 is 0 Å². The third-order valence-corrected chi connectivity index (χ3v) is 8.97. The van der Waals surface area contributed by atoms with Crippen LogP contribution in [0.1, 0.15) is 78.1 Å². The van der Waals surface area contributed by atoms with Crippen LogP contribution in [0, 0.1) is 17.3 Å². The molecule has 0 aromatic carbocycles. The van der Waals surface area contributed by atoms with Gasteiger partial charge in [-0.2, -0.15) is 0 Å². The normalized spacial score (nSPS) is 22.4. The minimum atomic E-state index is -0.0339. The van der Waals surface area contributed by atoms with Crippen LogP contribution in [0.25, 0.3) is 0 Å². The number of hydrogen-bond donors (Lipinski definition) is 0. The highest BCUT2D eigenvalue weighted by Crippen LogP contribution is 2.49. The number of nitrogens with zero attached hydrogens (tertiary/aromatic N) is 2. The Bertz CT molecular complexity index is 1480. The van der Waals surface area contributed by atoms with E-state index in [4.69, 9.17) is 9.97 Å². The van der Waals surface area contributed by atoms with Crippen LogP contribution < -0.4 is 0 Å². The number of rotatable bonds is 8. The Kier molecular flexibility index (Phi) is 8.40. The summed E-state index contributed by atoms with van der Waals surface area (Å²) in [7, 11) is 0. The third kappa shape index (κ3) is 6.12. The first-order valence-corrected chi connectivity index (χ1v) is 15.0. The topological polar surface area (TPSA) is 25.8 Å². The van der Waals surface area contributed by atoms with E-state index >= 15 is 0 Å². The van der Waals surface area contributed by atoms with E-state index < -0.39 is 0 Å². The van der Waals surface area contributed by atoms with E-state index in [1.165, 1.54) is 39.0 Å². The monoisotopic (exact) mass is 540 g/mol. The van der Waals surface area contributed by atoms with Gasteiger partial charge in [0.25, 0.3) is 0 Å². The second kappa shape index (κ2) is 12.0. The van der Waals surface area contributed by atoms with Gasteiger partial charge in [-0.15, -0.1) is 0 Å². The van der Waals surface area contributed by atoms with Crippen molar-refractivity contribution in [3.05, 3.63) is 154 Å². The molecule has 0 spiro atoms. The van der Waals surface area contributed by atoms with E-state index in [0.717, 1.165) is 36.2 Å². The van der Waals surface area contributed by atoms with Crippen molar-refractivity contribution in [1.29, 1.82) is 0 Å². The van der Waals surface area contributed by atoms with Crippen molar-refractivity contribution in [3.8, 4) is 0 Å². The van der Waals surface area contributed by atoms with Crippen molar-refractivity contribution in [1.82, 2.24) is 9.97 Å². The van der Waals surface area contributed by atoms with Gasteiger partial charge in [0.15, 0.2) is 0 Å². The summed E-state index contributed by atoms with van der Waals surface area (Å²) in [6, 6.07) is 12.4. The third-order valence-electron chi connectivity index (χ3n) is 8.97. The van der Waals surface area contributed by atoms with Gasteiger partial charge in [-0.25, -0.2) is 0 Å². The van der Waals surface area contributed by atoms with Crippen LogP contribution in [0.2, 0.25) is 0 Å². The van der Waals surface area contributed by atoms with E-state index in [-0.39, 0.29) is 11.3 Å². The van der Waals surface area contributed by atoms with E-state index in [2.05, 4.69) is 115 Å². The van der Waals surface area contributed by atoms with Gasteiger partial charge in [0.2, 0.25) is 0 Å². The van der Waals surface area contributed by atoms with Crippen LogP contribution in [0.15, 0.2) is 142 Å². The maximum absolute atomic E-state index is 4.77. The molecule has 0 radical (unpaired) electrons. The highest BCUT2D eigenvalue weighted by Gasteiger charge is 2.38. The molecule has 2 nitrogen and oxygen atoms in total. The summed E-state index contributed by atoms with van der Waals surface area (Å²) in [6.07, 6.45) is 23.6. The van der Waals surface area contributed by atoms with Crippen molar-refractivity contribution >= 4 is 0 Å². The Morgan fingerprint density at radius 2 is 1.71 bits per heavy atom. The van der Waals surface area contributed by atoms with Gasteiger partial charge in [-0.3, -0.25) is 9.97 Å². The standard InChI is InChI=1S/C39H44N2/c1-26(2)30-16-18-31(19-17-30)33(20-21-34(35-12-8-10-22-40-35)36-13-9-11-23-41-36)38-29(5)24-32(25-39(38,6)7)37-27(3)14-15-28(37)4/h8-14,16-18,20,22-25,31,34,38H,1,15,19,21H2,2-7H3/b33-20-. The highest BCUT2D eigenvalue weighted by atomic mass is 14.7. The maximum atomic E-state index is 4.77. The van der Waals surface area contributed by atoms with Crippen molar-refractivity contribution in [2.24, 2.45) is 17.3 Å². The summed E-state index contributed by atoms with van der Waals surface area (Å²) < 4.78 is 0. The second-order valence-electron chi connectivity index (χ2n) is 12.6. The molecule has 0 fully saturated rings. The lowest BCUT2D eigenvalue weighted by atomic mass is 9.63. The predicted octanol–water partition coefficient (Wildman–Crippen LogP) is 10.2. The van der Waals surface area contributed by atoms with Crippen LogP contribution in [-0.4, -0.2) is 9.97 Å². The molecule has 0 N–H and O–H groups in total. The quantitative estimate of drug-likeness (QED) is 0.311. The molecular weight excluding hydrogens is 496 g/mol. The van der Waals surface area contributed by atoms with Crippen LogP contribution in [0.5, 0.6) is 0 Å². The smallest absolute Gasteiger partial charge is 0.0497 e. The average molecular weight is 541 g/mol. The molecule has 3 aliphatic rings. The molecule has 3 aliphatic carbocycles. The Morgan fingerprint density at radius 1 is 1.02 bits per heavy atom. The van der Waals surface area contributed by atoms with Gasteiger partial charge in [0, 0.05) is 41.5 Å². The van der Waals surface area contributed by atoms with Crippen molar-refractivity contribution in [2.45, 2.75) is 66.7 Å². The summed E-state index contributed by atoms with van der Waals surface area (Å²) in [5, 5.41) is 0. The van der Waals surface area contributed by atoms with Gasteiger partial charge in [-0.1, -0.05) is 97.4 Å². The fourth-order valence-corrected chi connectivity index (χ4v) is 7.08. The molecule has 2 heteroatoms. The zero-order valence-electron chi connectivity index (χ0n) is 25.6. The van der Waals surface area contributed by atoms with Crippen LogP contribution >= 0.6 is 0 Å². The van der Waals surface area contributed by atoms with Crippen molar-refractivity contribution in [2.75, 3.05) is 0 Å². The predicted molar refractivity (Wildman–Crippen MR) is 173 cm³/mol. The Hall–Kier alpha value is -3.78. The van der Waals surface area contributed by atoms with Gasteiger partial charge in [0.1, 0.15) is 0 Å². The minimum absolute atomic E-state index is 0.0339. The summed E-state index contributed by atoms with van der Waals surface area (Å²) in [6.45, 7) is 18.0. The lowest BCUT2D eigenvalue weighted by Gasteiger charge is -2.41.